The summed E-state index contributed by atoms with van der Waals surface area (Å²) in [4.78, 5) is 18.1. The van der Waals surface area contributed by atoms with Crippen molar-refractivity contribution in [2.75, 3.05) is 11.4 Å². The highest BCUT2D eigenvalue weighted by Crippen LogP contribution is 2.30. The van der Waals surface area contributed by atoms with Gasteiger partial charge in [0.15, 0.2) is 0 Å². The Bertz CT molecular complexity index is 995. The predicted octanol–water partition coefficient (Wildman–Crippen LogP) is 4.11. The molecule has 25 heavy (non-hydrogen) atoms. The molecule has 1 aliphatic heterocycles. The van der Waals surface area contributed by atoms with Crippen LogP contribution in [-0.4, -0.2) is 22.6 Å². The van der Waals surface area contributed by atoms with Crippen molar-refractivity contribution in [1.29, 1.82) is 0 Å². The Morgan fingerprint density at radius 2 is 1.96 bits per heavy atom. The lowest BCUT2D eigenvalue weighted by Crippen LogP contribution is -2.30. The molecule has 1 N–H and O–H groups in total. The van der Waals surface area contributed by atoms with Crippen molar-refractivity contribution in [1.82, 2.24) is 4.98 Å². The summed E-state index contributed by atoms with van der Waals surface area (Å²) in [5.41, 5.74) is 7.49. The third-order valence-electron chi connectivity index (χ3n) is 5.14. The van der Waals surface area contributed by atoms with Gasteiger partial charge in [-0.15, -0.1) is 0 Å². The third kappa shape index (κ3) is 2.74. The SMILES string of the molecule is Cc1cc2ncc3c(c2cc1C)CCN(c1cccc(C(=O)O)c1)C3. The van der Waals surface area contributed by atoms with E-state index in [1.807, 2.05) is 12.3 Å². The molecule has 4 rings (SSSR count). The molecule has 1 aromatic heterocycles. The van der Waals surface area contributed by atoms with Crippen LogP contribution in [-0.2, 0) is 13.0 Å². The molecular weight excluding hydrogens is 312 g/mol. The number of pyridine rings is 1. The van der Waals surface area contributed by atoms with Crippen molar-refractivity contribution < 1.29 is 9.90 Å². The Morgan fingerprint density at radius 3 is 2.76 bits per heavy atom. The molecule has 3 aromatic rings. The smallest absolute Gasteiger partial charge is 0.335 e. The summed E-state index contributed by atoms with van der Waals surface area (Å²) in [7, 11) is 0. The van der Waals surface area contributed by atoms with Crippen molar-refractivity contribution in [3.63, 3.8) is 0 Å². The molecule has 0 atom stereocenters. The van der Waals surface area contributed by atoms with Crippen LogP contribution in [0.1, 0.15) is 32.6 Å². The normalized spacial score (nSPS) is 13.8. The first-order valence-electron chi connectivity index (χ1n) is 8.49. The van der Waals surface area contributed by atoms with Crippen molar-refractivity contribution in [3.05, 3.63) is 70.4 Å². The van der Waals surface area contributed by atoms with Crippen LogP contribution in [0.4, 0.5) is 5.69 Å². The van der Waals surface area contributed by atoms with Crippen molar-refractivity contribution >= 4 is 22.6 Å². The van der Waals surface area contributed by atoms with Gasteiger partial charge in [-0.05, 0) is 72.9 Å². The number of rotatable bonds is 2. The monoisotopic (exact) mass is 332 g/mol. The van der Waals surface area contributed by atoms with Crippen LogP contribution in [0.5, 0.6) is 0 Å². The number of benzene rings is 2. The molecule has 0 unspecified atom stereocenters. The molecule has 0 spiro atoms. The summed E-state index contributed by atoms with van der Waals surface area (Å²) in [6.07, 6.45) is 2.91. The number of fused-ring (bicyclic) bond motifs is 3. The lowest BCUT2D eigenvalue weighted by molar-refractivity contribution is 0.0697. The van der Waals surface area contributed by atoms with Gasteiger partial charge in [0.2, 0.25) is 0 Å². The van der Waals surface area contributed by atoms with Gasteiger partial charge in [0.05, 0.1) is 11.1 Å². The zero-order valence-corrected chi connectivity index (χ0v) is 14.4. The topological polar surface area (TPSA) is 53.4 Å². The van der Waals surface area contributed by atoms with E-state index in [9.17, 15) is 9.90 Å². The Hall–Kier alpha value is -2.88. The van der Waals surface area contributed by atoms with Crippen LogP contribution in [0, 0.1) is 13.8 Å². The Morgan fingerprint density at radius 1 is 1.16 bits per heavy atom. The van der Waals surface area contributed by atoms with Gasteiger partial charge in [0.25, 0.3) is 0 Å². The van der Waals surface area contributed by atoms with Gasteiger partial charge < -0.3 is 10.0 Å². The average molecular weight is 332 g/mol. The van der Waals surface area contributed by atoms with Gasteiger partial charge >= 0.3 is 5.97 Å². The largest absolute Gasteiger partial charge is 0.478 e. The molecule has 0 fully saturated rings. The van der Waals surface area contributed by atoms with Crippen molar-refractivity contribution in [2.45, 2.75) is 26.8 Å². The number of aryl methyl sites for hydroxylation is 2. The van der Waals surface area contributed by atoms with E-state index in [2.05, 4.69) is 35.9 Å². The van der Waals surface area contributed by atoms with Gasteiger partial charge in [-0.3, -0.25) is 4.98 Å². The molecule has 2 heterocycles. The van der Waals surface area contributed by atoms with E-state index in [1.54, 1.807) is 18.2 Å². The molecule has 0 aliphatic carbocycles. The van der Waals surface area contributed by atoms with Gasteiger partial charge in [-0.2, -0.15) is 0 Å². The second-order valence-corrected chi connectivity index (χ2v) is 6.74. The minimum absolute atomic E-state index is 0.325. The second kappa shape index (κ2) is 5.88. The number of hydrogen-bond acceptors (Lipinski definition) is 3. The molecular formula is C21H20N2O2. The third-order valence-corrected chi connectivity index (χ3v) is 5.14. The summed E-state index contributed by atoms with van der Waals surface area (Å²) < 4.78 is 0. The molecule has 0 saturated heterocycles. The van der Waals surface area contributed by atoms with Gasteiger partial charge in [-0.25, -0.2) is 4.79 Å². The van der Waals surface area contributed by atoms with E-state index in [4.69, 9.17) is 0 Å². The number of nitrogens with zero attached hydrogens (tertiary/aromatic N) is 2. The summed E-state index contributed by atoms with van der Waals surface area (Å²) in [5, 5.41) is 10.5. The lowest BCUT2D eigenvalue weighted by Gasteiger charge is -2.31. The first-order valence-corrected chi connectivity index (χ1v) is 8.49. The van der Waals surface area contributed by atoms with Gasteiger partial charge in [0, 0.05) is 30.4 Å². The summed E-state index contributed by atoms with van der Waals surface area (Å²) >= 11 is 0. The lowest BCUT2D eigenvalue weighted by atomic mass is 9.94. The number of aromatic nitrogens is 1. The zero-order chi connectivity index (χ0) is 17.6. The summed E-state index contributed by atoms with van der Waals surface area (Å²) in [5.74, 6) is -0.891. The van der Waals surface area contributed by atoms with Crippen LogP contribution >= 0.6 is 0 Å². The van der Waals surface area contributed by atoms with Gasteiger partial charge in [-0.1, -0.05) is 6.07 Å². The minimum Gasteiger partial charge on any atom is -0.478 e. The maximum absolute atomic E-state index is 11.2. The molecule has 4 nitrogen and oxygen atoms in total. The van der Waals surface area contributed by atoms with Crippen LogP contribution < -0.4 is 4.90 Å². The highest BCUT2D eigenvalue weighted by atomic mass is 16.4. The molecule has 0 radical (unpaired) electrons. The van der Waals surface area contributed by atoms with Crippen LogP contribution in [0.2, 0.25) is 0 Å². The van der Waals surface area contributed by atoms with Crippen LogP contribution in [0.3, 0.4) is 0 Å². The number of carbonyl (C=O) groups is 1. The standard InChI is InChI=1S/C21H20N2O2/c1-13-8-19-18-6-7-23(17-5-3-4-15(10-17)21(24)25)12-16(18)11-22-20(19)9-14(13)2/h3-5,8-11H,6-7,12H2,1-2H3,(H,24,25). The predicted molar refractivity (Wildman–Crippen MR) is 99.4 cm³/mol. The number of carboxylic acids is 1. The maximum Gasteiger partial charge on any atom is 0.335 e. The molecule has 0 saturated carbocycles. The van der Waals surface area contributed by atoms with E-state index in [1.165, 1.54) is 27.6 Å². The molecule has 2 aromatic carbocycles. The fraction of sp³-hybridized carbons (Fsp3) is 0.238. The number of carboxylic acid groups (broad SMARTS) is 1. The fourth-order valence-electron chi connectivity index (χ4n) is 3.57. The summed E-state index contributed by atoms with van der Waals surface area (Å²) in [6.45, 7) is 5.89. The average Bonchev–Trinajstić information content (AvgIpc) is 2.62. The van der Waals surface area contributed by atoms with Gasteiger partial charge in [0.1, 0.15) is 0 Å². The molecule has 0 amide bonds. The second-order valence-electron chi connectivity index (χ2n) is 6.74. The molecule has 126 valence electrons. The Labute approximate surface area is 146 Å². The minimum atomic E-state index is -0.891. The quantitative estimate of drug-likeness (QED) is 0.767. The van der Waals surface area contributed by atoms with Crippen molar-refractivity contribution in [3.8, 4) is 0 Å². The Balaban J connectivity index is 1.72. The van der Waals surface area contributed by atoms with Crippen LogP contribution in [0.15, 0.2) is 42.6 Å². The molecule has 0 bridgehead atoms. The Kier molecular flexibility index (Phi) is 3.68. The molecule has 4 heteroatoms. The van der Waals surface area contributed by atoms with E-state index in [0.717, 1.165) is 30.7 Å². The highest BCUT2D eigenvalue weighted by molar-refractivity contribution is 5.89. The first kappa shape index (κ1) is 15.6. The molecule has 1 aliphatic rings. The van der Waals surface area contributed by atoms with Crippen molar-refractivity contribution in [2.24, 2.45) is 0 Å². The number of hydrogen-bond donors (Lipinski definition) is 1. The first-order chi connectivity index (χ1) is 12.0. The highest BCUT2D eigenvalue weighted by Gasteiger charge is 2.20. The maximum atomic E-state index is 11.2. The van der Waals surface area contributed by atoms with E-state index in [0.29, 0.717) is 5.56 Å². The van der Waals surface area contributed by atoms with E-state index >= 15 is 0 Å². The number of aromatic carboxylic acids is 1. The summed E-state index contributed by atoms with van der Waals surface area (Å²) in [6, 6.07) is 11.6. The number of anilines is 1. The van der Waals surface area contributed by atoms with E-state index in [-0.39, 0.29) is 0 Å². The fourth-order valence-corrected chi connectivity index (χ4v) is 3.57. The zero-order valence-electron chi connectivity index (χ0n) is 14.4. The van der Waals surface area contributed by atoms with Crippen LogP contribution in [0.25, 0.3) is 10.9 Å². The van der Waals surface area contributed by atoms with E-state index < -0.39 is 5.97 Å².